The van der Waals surface area contributed by atoms with Gasteiger partial charge in [0.2, 0.25) is 0 Å². The van der Waals surface area contributed by atoms with Gasteiger partial charge >= 0.3 is 0 Å². The van der Waals surface area contributed by atoms with Crippen molar-refractivity contribution in [3.63, 3.8) is 0 Å². The summed E-state index contributed by atoms with van der Waals surface area (Å²) in [6.45, 7) is 0. The summed E-state index contributed by atoms with van der Waals surface area (Å²) in [6.07, 6.45) is 6.11. The van der Waals surface area contributed by atoms with Crippen LogP contribution in [0.3, 0.4) is 0 Å². The Morgan fingerprint density at radius 3 is 2.92 bits per heavy atom. The van der Waals surface area contributed by atoms with Gasteiger partial charge in [-0.1, -0.05) is 11.6 Å². The first-order valence-electron chi connectivity index (χ1n) is 4.74. The lowest BCUT2D eigenvalue weighted by Crippen LogP contribution is -2.17. The van der Waals surface area contributed by atoms with Crippen molar-refractivity contribution in [1.82, 2.24) is 0 Å². The molecule has 0 radical (unpaired) electrons. The van der Waals surface area contributed by atoms with Gasteiger partial charge in [-0.05, 0) is 24.8 Å². The molecule has 0 fully saturated rings. The first-order chi connectivity index (χ1) is 6.27. The molecule has 0 heterocycles. The lowest BCUT2D eigenvalue weighted by Gasteiger charge is -2.10. The van der Waals surface area contributed by atoms with Gasteiger partial charge in [0.15, 0.2) is 11.6 Å². The summed E-state index contributed by atoms with van der Waals surface area (Å²) in [5.74, 6) is 0.608. The molecule has 0 saturated carbocycles. The second kappa shape index (κ2) is 2.19. The van der Waals surface area contributed by atoms with Crippen LogP contribution in [0.1, 0.15) is 19.3 Å². The molecule has 2 heteroatoms. The Bertz CT molecular complexity index is 374. The molecule has 3 aliphatic rings. The van der Waals surface area contributed by atoms with E-state index in [9.17, 15) is 9.59 Å². The molecule has 0 bridgehead atoms. The maximum absolute atomic E-state index is 11.5. The molecule has 0 aromatic heterocycles. The van der Waals surface area contributed by atoms with E-state index in [-0.39, 0.29) is 17.5 Å². The maximum atomic E-state index is 11.5. The SMILES string of the molecule is O=C1CCC2=C1[C@@H]1C(=O)C=C[C@@H]1C2. The van der Waals surface area contributed by atoms with E-state index in [4.69, 9.17) is 0 Å². The monoisotopic (exact) mass is 174 g/mol. The summed E-state index contributed by atoms with van der Waals surface area (Å²) in [4.78, 5) is 23.0. The summed E-state index contributed by atoms with van der Waals surface area (Å²) >= 11 is 0. The number of rotatable bonds is 0. The van der Waals surface area contributed by atoms with E-state index in [2.05, 4.69) is 0 Å². The Hall–Kier alpha value is -1.18. The average molecular weight is 174 g/mol. The van der Waals surface area contributed by atoms with Crippen LogP contribution in [0.4, 0.5) is 0 Å². The van der Waals surface area contributed by atoms with E-state index >= 15 is 0 Å². The highest BCUT2D eigenvalue weighted by atomic mass is 16.1. The summed E-state index contributed by atoms with van der Waals surface area (Å²) < 4.78 is 0. The van der Waals surface area contributed by atoms with Crippen molar-refractivity contribution < 1.29 is 9.59 Å². The molecule has 0 unspecified atom stereocenters. The minimum absolute atomic E-state index is 0.0787. The number of carbonyl (C=O) groups excluding carboxylic acids is 2. The molecule has 0 aromatic rings. The molecule has 0 aliphatic heterocycles. The maximum Gasteiger partial charge on any atom is 0.163 e. The van der Waals surface area contributed by atoms with Gasteiger partial charge in [-0.2, -0.15) is 0 Å². The molecule has 2 atom stereocenters. The highest BCUT2D eigenvalue weighted by Crippen LogP contribution is 2.47. The number of carbonyl (C=O) groups is 2. The molecule has 3 rings (SSSR count). The van der Waals surface area contributed by atoms with E-state index in [0.717, 1.165) is 18.4 Å². The second-order valence-corrected chi connectivity index (χ2v) is 4.05. The molecule has 66 valence electrons. The topological polar surface area (TPSA) is 34.1 Å². The van der Waals surface area contributed by atoms with Crippen LogP contribution in [0.25, 0.3) is 0 Å². The Kier molecular flexibility index (Phi) is 1.22. The van der Waals surface area contributed by atoms with Crippen molar-refractivity contribution >= 4 is 11.6 Å². The van der Waals surface area contributed by atoms with Gasteiger partial charge < -0.3 is 0 Å². The molecular formula is C11H10O2. The van der Waals surface area contributed by atoms with Crippen LogP contribution in [-0.2, 0) is 9.59 Å². The zero-order valence-electron chi connectivity index (χ0n) is 7.25. The van der Waals surface area contributed by atoms with Crippen LogP contribution in [-0.4, -0.2) is 11.6 Å². The third-order valence-electron chi connectivity index (χ3n) is 3.37. The van der Waals surface area contributed by atoms with Crippen molar-refractivity contribution in [3.8, 4) is 0 Å². The molecular weight excluding hydrogens is 164 g/mol. The fraction of sp³-hybridized carbons (Fsp3) is 0.455. The van der Waals surface area contributed by atoms with E-state index in [1.54, 1.807) is 6.08 Å². The van der Waals surface area contributed by atoms with Gasteiger partial charge in [0.05, 0.1) is 5.92 Å². The van der Waals surface area contributed by atoms with Crippen molar-refractivity contribution in [1.29, 1.82) is 0 Å². The summed E-state index contributed by atoms with van der Waals surface area (Å²) in [5, 5.41) is 0. The number of fused-ring (bicyclic) bond motifs is 2. The molecule has 0 spiro atoms. The predicted octanol–water partition coefficient (Wildman–Crippen LogP) is 1.42. The number of Topliss-reactive ketones (excluding diaryl/α,β-unsaturated/α-hetero) is 1. The summed E-state index contributed by atoms with van der Waals surface area (Å²) in [6, 6.07) is 0. The van der Waals surface area contributed by atoms with Crippen molar-refractivity contribution in [2.75, 3.05) is 0 Å². The highest BCUT2D eigenvalue weighted by molar-refractivity contribution is 6.09. The quantitative estimate of drug-likeness (QED) is 0.556. The zero-order valence-corrected chi connectivity index (χ0v) is 7.25. The third-order valence-corrected chi connectivity index (χ3v) is 3.37. The minimum Gasteiger partial charge on any atom is -0.295 e. The molecule has 0 amide bonds. The molecule has 0 N–H and O–H groups in total. The number of allylic oxidation sites excluding steroid dienone is 4. The first kappa shape index (κ1) is 7.25. The molecule has 0 aromatic carbocycles. The van der Waals surface area contributed by atoms with Crippen LogP contribution in [0.5, 0.6) is 0 Å². The average Bonchev–Trinajstić information content (AvgIpc) is 2.69. The Morgan fingerprint density at radius 2 is 2.08 bits per heavy atom. The van der Waals surface area contributed by atoms with Crippen LogP contribution in [0.15, 0.2) is 23.3 Å². The van der Waals surface area contributed by atoms with Gasteiger partial charge in [-0.3, -0.25) is 9.59 Å². The summed E-state index contributed by atoms with van der Waals surface area (Å²) in [7, 11) is 0. The predicted molar refractivity (Wildman–Crippen MR) is 47.0 cm³/mol. The number of hydrogen-bond acceptors (Lipinski definition) is 2. The van der Waals surface area contributed by atoms with Crippen molar-refractivity contribution in [2.45, 2.75) is 19.3 Å². The van der Waals surface area contributed by atoms with Crippen molar-refractivity contribution in [3.05, 3.63) is 23.3 Å². The number of ketones is 2. The minimum atomic E-state index is -0.0787. The van der Waals surface area contributed by atoms with Crippen LogP contribution < -0.4 is 0 Å². The third kappa shape index (κ3) is 0.781. The van der Waals surface area contributed by atoms with Crippen LogP contribution in [0.2, 0.25) is 0 Å². The Balaban J connectivity index is 2.07. The second-order valence-electron chi connectivity index (χ2n) is 4.05. The van der Waals surface area contributed by atoms with E-state index in [1.807, 2.05) is 6.08 Å². The van der Waals surface area contributed by atoms with E-state index < -0.39 is 0 Å². The fourth-order valence-electron chi connectivity index (χ4n) is 2.81. The van der Waals surface area contributed by atoms with E-state index in [1.165, 1.54) is 5.57 Å². The van der Waals surface area contributed by atoms with Crippen LogP contribution >= 0.6 is 0 Å². The first-order valence-corrected chi connectivity index (χ1v) is 4.74. The molecule has 0 saturated heterocycles. The molecule has 2 nitrogen and oxygen atoms in total. The number of hydrogen-bond donors (Lipinski definition) is 0. The lowest BCUT2D eigenvalue weighted by atomic mass is 9.91. The molecule has 3 aliphatic carbocycles. The molecule has 13 heavy (non-hydrogen) atoms. The van der Waals surface area contributed by atoms with Gasteiger partial charge in [0.1, 0.15) is 0 Å². The van der Waals surface area contributed by atoms with Gasteiger partial charge in [-0.25, -0.2) is 0 Å². The van der Waals surface area contributed by atoms with Crippen LogP contribution in [0, 0.1) is 11.8 Å². The largest absolute Gasteiger partial charge is 0.295 e. The van der Waals surface area contributed by atoms with Gasteiger partial charge in [-0.15, -0.1) is 0 Å². The Labute approximate surface area is 76.3 Å². The van der Waals surface area contributed by atoms with Gasteiger partial charge in [0.25, 0.3) is 0 Å². The lowest BCUT2D eigenvalue weighted by molar-refractivity contribution is -0.120. The normalized spacial score (nSPS) is 36.0. The Morgan fingerprint density at radius 1 is 1.23 bits per heavy atom. The zero-order chi connectivity index (χ0) is 9.00. The summed E-state index contributed by atoms with van der Waals surface area (Å²) in [5.41, 5.74) is 2.14. The van der Waals surface area contributed by atoms with E-state index in [0.29, 0.717) is 12.3 Å². The van der Waals surface area contributed by atoms with Gasteiger partial charge in [0, 0.05) is 12.0 Å². The van der Waals surface area contributed by atoms with Crippen molar-refractivity contribution in [2.24, 2.45) is 11.8 Å². The standard InChI is InChI=1S/C11H10O2/c12-8-3-1-6-5-7-2-4-9(13)11(7)10(6)8/h1,3,6,10H,2,4-5H2/t6-,10+/m1/s1. The highest BCUT2D eigenvalue weighted by Gasteiger charge is 2.44. The smallest absolute Gasteiger partial charge is 0.163 e. The fourth-order valence-corrected chi connectivity index (χ4v) is 2.81.